The van der Waals surface area contributed by atoms with E-state index in [-0.39, 0.29) is 23.3 Å². The van der Waals surface area contributed by atoms with Crippen molar-refractivity contribution in [3.8, 4) is 0 Å². The Balaban J connectivity index is 1.90. The summed E-state index contributed by atoms with van der Waals surface area (Å²) >= 11 is 3.15. The Bertz CT molecular complexity index is 627. The minimum atomic E-state index is -3.20. The zero-order valence-electron chi connectivity index (χ0n) is 11.4. The highest BCUT2D eigenvalue weighted by molar-refractivity contribution is 9.10. The molecule has 1 saturated carbocycles. The Morgan fingerprint density at radius 3 is 2.62 bits per heavy atom. The van der Waals surface area contributed by atoms with Gasteiger partial charge in [-0.05, 0) is 47.0 Å². The molecule has 21 heavy (non-hydrogen) atoms. The van der Waals surface area contributed by atoms with Crippen LogP contribution in [0.2, 0.25) is 0 Å². The summed E-state index contributed by atoms with van der Waals surface area (Å²) in [7, 11) is -3.20. The Morgan fingerprint density at radius 1 is 1.33 bits per heavy atom. The normalized spacial score (nSPS) is 16.1. The lowest BCUT2D eigenvalue weighted by atomic mass is 10.3. The molecule has 0 aliphatic heterocycles. The molecule has 0 bridgehead atoms. The molecule has 1 aliphatic carbocycles. The van der Waals surface area contributed by atoms with Crippen LogP contribution in [-0.2, 0) is 14.6 Å². The maximum atomic E-state index is 12.9. The molecular weight excluding hydrogens is 361 g/mol. The number of carbonyl (C=O) groups excluding carboxylic acids is 1. The molecule has 0 radical (unpaired) electrons. The third kappa shape index (κ3) is 4.51. The lowest BCUT2D eigenvalue weighted by Gasteiger charge is -2.11. The lowest BCUT2D eigenvalue weighted by Crippen LogP contribution is -2.24. The van der Waals surface area contributed by atoms with Crippen LogP contribution in [0.5, 0.6) is 0 Å². The summed E-state index contributed by atoms with van der Waals surface area (Å²) in [6, 6.07) is 3.91. The highest BCUT2D eigenvalue weighted by Gasteiger charge is 2.28. The molecular formula is C14H17BrFNO3S. The number of hydrogen-bond acceptors (Lipinski definition) is 3. The van der Waals surface area contributed by atoms with Gasteiger partial charge < -0.3 is 5.32 Å². The van der Waals surface area contributed by atoms with E-state index in [1.807, 2.05) is 0 Å². The van der Waals surface area contributed by atoms with E-state index in [1.165, 1.54) is 18.2 Å². The molecule has 0 atom stereocenters. The summed E-state index contributed by atoms with van der Waals surface area (Å²) in [4.78, 5) is 11.8. The minimum absolute atomic E-state index is 0.0807. The fourth-order valence-corrected chi connectivity index (χ4v) is 4.76. The van der Waals surface area contributed by atoms with Crippen LogP contribution in [-0.4, -0.2) is 25.3 Å². The number of sulfone groups is 1. The molecule has 0 unspecified atom stereocenters. The molecule has 1 fully saturated rings. The van der Waals surface area contributed by atoms with E-state index in [4.69, 9.17) is 0 Å². The van der Waals surface area contributed by atoms with Crippen molar-refractivity contribution in [2.45, 2.75) is 37.4 Å². The van der Waals surface area contributed by atoms with Crippen LogP contribution in [0.25, 0.3) is 0 Å². The average Bonchev–Trinajstić information content (AvgIpc) is 2.95. The van der Waals surface area contributed by atoms with E-state index in [2.05, 4.69) is 21.2 Å². The largest absolute Gasteiger partial charge is 0.325 e. The standard InChI is InChI=1S/C14H17BrFNO3S/c15-12-9-10(16)5-6-13(12)17-14(18)7-8-21(19,20)11-3-1-2-4-11/h5-6,9,11H,1-4,7-8H2,(H,17,18). The van der Waals surface area contributed by atoms with Crippen molar-refractivity contribution in [3.63, 3.8) is 0 Å². The maximum absolute atomic E-state index is 12.9. The molecule has 2 rings (SSSR count). The molecule has 1 N–H and O–H groups in total. The first kappa shape index (κ1) is 16.4. The Kier molecular flexibility index (Phi) is 5.37. The van der Waals surface area contributed by atoms with Gasteiger partial charge in [0.1, 0.15) is 5.82 Å². The van der Waals surface area contributed by atoms with Gasteiger partial charge in [0, 0.05) is 10.9 Å². The average molecular weight is 378 g/mol. The predicted octanol–water partition coefficient (Wildman–Crippen LogP) is 3.27. The van der Waals surface area contributed by atoms with Crippen molar-refractivity contribution in [1.29, 1.82) is 0 Å². The van der Waals surface area contributed by atoms with Crippen molar-refractivity contribution in [3.05, 3.63) is 28.5 Å². The SMILES string of the molecule is O=C(CCS(=O)(=O)C1CCCC1)Nc1ccc(F)cc1Br. The fraction of sp³-hybridized carbons (Fsp3) is 0.500. The fourth-order valence-electron chi connectivity index (χ4n) is 2.45. The van der Waals surface area contributed by atoms with Crippen molar-refractivity contribution >= 4 is 37.4 Å². The van der Waals surface area contributed by atoms with Gasteiger partial charge in [0.05, 0.1) is 16.7 Å². The van der Waals surface area contributed by atoms with Crippen molar-refractivity contribution in [2.24, 2.45) is 0 Å². The first-order valence-electron chi connectivity index (χ1n) is 6.85. The highest BCUT2D eigenvalue weighted by atomic mass is 79.9. The van der Waals surface area contributed by atoms with Gasteiger partial charge in [0.2, 0.25) is 5.91 Å². The van der Waals surface area contributed by atoms with E-state index in [0.29, 0.717) is 23.0 Å². The molecule has 7 heteroatoms. The summed E-state index contributed by atoms with van der Waals surface area (Å²) in [5.41, 5.74) is 0.430. The molecule has 0 aromatic heterocycles. The van der Waals surface area contributed by atoms with Gasteiger partial charge in [0.25, 0.3) is 0 Å². The minimum Gasteiger partial charge on any atom is -0.325 e. The summed E-state index contributed by atoms with van der Waals surface area (Å²) < 4.78 is 37.5. The van der Waals surface area contributed by atoms with Gasteiger partial charge in [-0.3, -0.25) is 4.79 Å². The molecule has 1 aromatic rings. The van der Waals surface area contributed by atoms with Crippen LogP contribution in [0.3, 0.4) is 0 Å². The quantitative estimate of drug-likeness (QED) is 0.856. The Morgan fingerprint density at radius 2 is 2.00 bits per heavy atom. The van der Waals surface area contributed by atoms with Gasteiger partial charge in [-0.15, -0.1) is 0 Å². The van der Waals surface area contributed by atoms with E-state index in [9.17, 15) is 17.6 Å². The number of amides is 1. The molecule has 1 aromatic carbocycles. The second-order valence-corrected chi connectivity index (χ2v) is 8.45. The number of nitrogens with one attached hydrogen (secondary N) is 1. The van der Waals surface area contributed by atoms with Crippen molar-refractivity contribution < 1.29 is 17.6 Å². The van der Waals surface area contributed by atoms with Crippen LogP contribution < -0.4 is 5.32 Å². The topological polar surface area (TPSA) is 63.2 Å². The second kappa shape index (κ2) is 6.87. The highest BCUT2D eigenvalue weighted by Crippen LogP contribution is 2.26. The number of benzene rings is 1. The molecule has 0 heterocycles. The van der Waals surface area contributed by atoms with Crippen molar-refractivity contribution in [2.75, 3.05) is 11.1 Å². The number of halogens is 2. The Hall–Kier alpha value is -0.950. The second-order valence-electron chi connectivity index (χ2n) is 5.20. The summed E-state index contributed by atoms with van der Waals surface area (Å²) in [6.45, 7) is 0. The molecule has 116 valence electrons. The molecule has 1 aliphatic rings. The molecule has 0 spiro atoms. The van der Waals surface area contributed by atoms with Crippen LogP contribution in [0.1, 0.15) is 32.1 Å². The van der Waals surface area contributed by atoms with Crippen molar-refractivity contribution in [1.82, 2.24) is 0 Å². The Labute approximate surface area is 132 Å². The van der Waals surface area contributed by atoms with E-state index in [0.717, 1.165) is 12.8 Å². The maximum Gasteiger partial charge on any atom is 0.225 e. The predicted molar refractivity (Wildman–Crippen MR) is 83.4 cm³/mol. The van der Waals surface area contributed by atoms with Gasteiger partial charge in [-0.2, -0.15) is 0 Å². The number of rotatable bonds is 5. The third-order valence-electron chi connectivity index (χ3n) is 3.63. The smallest absolute Gasteiger partial charge is 0.225 e. The number of carbonyl (C=O) groups is 1. The first-order valence-corrected chi connectivity index (χ1v) is 9.36. The summed E-state index contributed by atoms with van der Waals surface area (Å²) in [6.07, 6.45) is 3.21. The van der Waals surface area contributed by atoms with Crippen LogP contribution in [0.15, 0.2) is 22.7 Å². The first-order chi connectivity index (χ1) is 9.88. The molecule has 4 nitrogen and oxygen atoms in total. The van der Waals surface area contributed by atoms with E-state index < -0.39 is 15.7 Å². The van der Waals surface area contributed by atoms with E-state index in [1.54, 1.807) is 0 Å². The zero-order valence-corrected chi connectivity index (χ0v) is 13.8. The summed E-state index contributed by atoms with van der Waals surface area (Å²) in [5, 5.41) is 2.29. The van der Waals surface area contributed by atoms with Crippen LogP contribution in [0.4, 0.5) is 10.1 Å². The van der Waals surface area contributed by atoms with Gasteiger partial charge >= 0.3 is 0 Å². The summed E-state index contributed by atoms with van der Waals surface area (Å²) in [5.74, 6) is -0.935. The van der Waals surface area contributed by atoms with Crippen LogP contribution >= 0.6 is 15.9 Å². The zero-order chi connectivity index (χ0) is 15.5. The third-order valence-corrected chi connectivity index (χ3v) is 6.55. The van der Waals surface area contributed by atoms with Gasteiger partial charge in [-0.25, -0.2) is 12.8 Å². The van der Waals surface area contributed by atoms with E-state index >= 15 is 0 Å². The number of hydrogen-bond donors (Lipinski definition) is 1. The molecule has 0 saturated heterocycles. The van der Waals surface area contributed by atoms with Gasteiger partial charge in [-0.1, -0.05) is 12.8 Å². The monoisotopic (exact) mass is 377 g/mol. The van der Waals surface area contributed by atoms with Crippen LogP contribution in [0, 0.1) is 5.82 Å². The molecule has 1 amide bonds. The lowest BCUT2D eigenvalue weighted by molar-refractivity contribution is -0.115. The number of anilines is 1. The van der Waals surface area contributed by atoms with Gasteiger partial charge in [0.15, 0.2) is 9.84 Å².